The Hall–Kier alpha value is -1.17. The van der Waals surface area contributed by atoms with E-state index in [0.717, 1.165) is 17.5 Å². The van der Waals surface area contributed by atoms with E-state index in [4.69, 9.17) is 0 Å². The van der Waals surface area contributed by atoms with E-state index < -0.39 is 10.8 Å². The molecular weight excluding hydrogens is 248 g/mol. The van der Waals surface area contributed by atoms with Gasteiger partial charge >= 0.3 is 0 Å². The predicted octanol–water partition coefficient (Wildman–Crippen LogP) is 1.82. The maximum Gasteiger partial charge on any atom is 0.135 e. The molecule has 0 saturated carbocycles. The second-order valence-corrected chi connectivity index (χ2v) is 6.39. The van der Waals surface area contributed by atoms with Crippen molar-refractivity contribution in [2.75, 3.05) is 30.5 Å². The fraction of sp³-hybridized carbons (Fsp3) is 0.667. The van der Waals surface area contributed by atoms with Gasteiger partial charge in [-0.3, -0.25) is 4.21 Å². The lowest BCUT2D eigenvalue weighted by Gasteiger charge is -2.13. The molecule has 1 rings (SSSR count). The van der Waals surface area contributed by atoms with Crippen LogP contribution in [0.5, 0.6) is 0 Å². The van der Waals surface area contributed by atoms with Gasteiger partial charge in [-0.1, -0.05) is 13.8 Å². The Morgan fingerprint density at radius 1 is 1.28 bits per heavy atom. The summed E-state index contributed by atoms with van der Waals surface area (Å²) in [5, 5.41) is 6.33. The first-order valence-corrected chi connectivity index (χ1v) is 7.69. The van der Waals surface area contributed by atoms with Gasteiger partial charge in [0.1, 0.15) is 17.5 Å². The molecule has 0 radical (unpaired) electrons. The highest BCUT2D eigenvalue weighted by Gasteiger charge is 2.09. The molecule has 2 unspecified atom stereocenters. The van der Waals surface area contributed by atoms with Gasteiger partial charge in [0, 0.05) is 47.9 Å². The van der Waals surface area contributed by atoms with Gasteiger partial charge in [0.2, 0.25) is 0 Å². The first kappa shape index (κ1) is 14.9. The lowest BCUT2D eigenvalue weighted by Crippen LogP contribution is -2.21. The Labute approximate surface area is 111 Å². The molecule has 0 aromatic carbocycles. The van der Waals surface area contributed by atoms with E-state index in [0.29, 0.717) is 6.54 Å². The Kier molecular flexibility index (Phi) is 5.53. The summed E-state index contributed by atoms with van der Waals surface area (Å²) in [6, 6.07) is 1.86. The third-order valence-corrected chi connectivity index (χ3v) is 3.95. The Bertz CT molecular complexity index is 423. The van der Waals surface area contributed by atoms with Gasteiger partial charge in [-0.05, 0) is 6.92 Å². The minimum atomic E-state index is -0.827. The predicted molar refractivity (Wildman–Crippen MR) is 77.7 cm³/mol. The van der Waals surface area contributed by atoms with Crippen LogP contribution in [0.15, 0.2) is 6.07 Å². The number of nitrogens with one attached hydrogen (secondary N) is 2. The molecule has 0 aliphatic rings. The van der Waals surface area contributed by atoms with Crippen molar-refractivity contribution in [3.05, 3.63) is 11.9 Å². The molecule has 1 heterocycles. The summed E-state index contributed by atoms with van der Waals surface area (Å²) in [5.74, 6) is 2.64. The summed E-state index contributed by atoms with van der Waals surface area (Å²) in [6.45, 7) is 6.71. The van der Waals surface area contributed by atoms with Crippen molar-refractivity contribution in [1.29, 1.82) is 0 Å². The number of hydrogen-bond acceptors (Lipinski definition) is 5. The minimum absolute atomic E-state index is 0.0977. The standard InChI is InChI=1S/C12H22N4OS/c1-8(2)12-15-10(13-4)6-11(16-12)14-7-9(3)18(5)17/h6,8-9H,7H2,1-5H3,(H2,13,14,15,16). The van der Waals surface area contributed by atoms with E-state index in [9.17, 15) is 4.21 Å². The van der Waals surface area contributed by atoms with Gasteiger partial charge in [0.25, 0.3) is 0 Å². The molecule has 18 heavy (non-hydrogen) atoms. The zero-order valence-electron chi connectivity index (χ0n) is 11.7. The summed E-state index contributed by atoms with van der Waals surface area (Å²) in [5.41, 5.74) is 0. The number of aromatic nitrogens is 2. The second kappa shape index (κ2) is 6.68. The summed E-state index contributed by atoms with van der Waals surface area (Å²) in [4.78, 5) is 8.84. The molecule has 2 atom stereocenters. The number of nitrogens with zero attached hydrogens (tertiary/aromatic N) is 2. The van der Waals surface area contributed by atoms with Crippen LogP contribution in [0.1, 0.15) is 32.5 Å². The van der Waals surface area contributed by atoms with Gasteiger partial charge in [0.05, 0.1) is 0 Å². The molecule has 2 N–H and O–H groups in total. The van der Waals surface area contributed by atoms with Crippen molar-refractivity contribution in [2.24, 2.45) is 0 Å². The normalized spacial score (nSPS) is 14.3. The van der Waals surface area contributed by atoms with E-state index in [2.05, 4.69) is 34.4 Å². The molecular formula is C12H22N4OS. The molecule has 0 fully saturated rings. The van der Waals surface area contributed by atoms with Gasteiger partial charge < -0.3 is 10.6 Å². The Balaban J connectivity index is 2.81. The molecule has 0 spiro atoms. The maximum absolute atomic E-state index is 11.3. The second-order valence-electron chi connectivity index (χ2n) is 4.59. The molecule has 6 heteroatoms. The minimum Gasteiger partial charge on any atom is -0.373 e. The molecule has 0 saturated heterocycles. The molecule has 0 aliphatic heterocycles. The van der Waals surface area contributed by atoms with E-state index in [-0.39, 0.29) is 11.2 Å². The Morgan fingerprint density at radius 2 is 1.89 bits per heavy atom. The third kappa shape index (κ3) is 4.25. The van der Waals surface area contributed by atoms with Crippen molar-refractivity contribution < 1.29 is 4.21 Å². The zero-order chi connectivity index (χ0) is 13.7. The summed E-state index contributed by atoms with van der Waals surface area (Å²) in [6.07, 6.45) is 1.71. The first-order chi connectivity index (χ1) is 8.43. The molecule has 0 aliphatic carbocycles. The van der Waals surface area contributed by atoms with Crippen LogP contribution in [0.2, 0.25) is 0 Å². The fourth-order valence-corrected chi connectivity index (χ4v) is 1.63. The molecule has 0 bridgehead atoms. The van der Waals surface area contributed by atoms with Crippen LogP contribution in [0, 0.1) is 0 Å². The van der Waals surface area contributed by atoms with E-state index >= 15 is 0 Å². The monoisotopic (exact) mass is 270 g/mol. The fourth-order valence-electron chi connectivity index (χ4n) is 1.31. The Morgan fingerprint density at radius 3 is 2.39 bits per heavy atom. The highest BCUT2D eigenvalue weighted by Crippen LogP contribution is 2.16. The van der Waals surface area contributed by atoms with Crippen LogP contribution in [-0.2, 0) is 10.8 Å². The van der Waals surface area contributed by atoms with Gasteiger partial charge in [-0.25, -0.2) is 9.97 Å². The first-order valence-electron chi connectivity index (χ1n) is 6.06. The average molecular weight is 270 g/mol. The van der Waals surface area contributed by atoms with Crippen LogP contribution in [0.3, 0.4) is 0 Å². The smallest absolute Gasteiger partial charge is 0.135 e. The maximum atomic E-state index is 11.3. The molecule has 5 nitrogen and oxygen atoms in total. The highest BCUT2D eigenvalue weighted by atomic mass is 32.2. The van der Waals surface area contributed by atoms with Crippen molar-refractivity contribution in [1.82, 2.24) is 9.97 Å². The third-order valence-electron chi connectivity index (χ3n) is 2.65. The van der Waals surface area contributed by atoms with Gasteiger partial charge in [0.15, 0.2) is 0 Å². The van der Waals surface area contributed by atoms with Gasteiger partial charge in [-0.2, -0.15) is 0 Å². The topological polar surface area (TPSA) is 66.9 Å². The quantitative estimate of drug-likeness (QED) is 0.825. The number of rotatable bonds is 6. The van der Waals surface area contributed by atoms with Crippen molar-refractivity contribution in [3.8, 4) is 0 Å². The zero-order valence-corrected chi connectivity index (χ0v) is 12.5. The van der Waals surface area contributed by atoms with Crippen LogP contribution in [0.25, 0.3) is 0 Å². The van der Waals surface area contributed by atoms with Crippen LogP contribution < -0.4 is 10.6 Å². The SMILES string of the molecule is CNc1cc(NCC(C)S(C)=O)nc(C(C)C)n1. The van der Waals surface area contributed by atoms with Crippen molar-refractivity contribution in [2.45, 2.75) is 31.9 Å². The molecule has 1 aromatic heterocycles. The average Bonchev–Trinajstić information content (AvgIpc) is 2.35. The molecule has 1 aromatic rings. The summed E-state index contributed by atoms with van der Waals surface area (Å²) in [7, 11) is 1.01. The largest absolute Gasteiger partial charge is 0.373 e. The van der Waals surface area contributed by atoms with Crippen LogP contribution in [0.4, 0.5) is 11.6 Å². The summed E-state index contributed by atoms with van der Waals surface area (Å²) < 4.78 is 11.3. The number of anilines is 2. The van der Waals surface area contributed by atoms with E-state index in [1.165, 1.54) is 0 Å². The van der Waals surface area contributed by atoms with Crippen LogP contribution in [-0.4, -0.2) is 39.3 Å². The number of hydrogen-bond donors (Lipinski definition) is 2. The van der Waals surface area contributed by atoms with Crippen LogP contribution >= 0.6 is 0 Å². The van der Waals surface area contributed by atoms with Crippen molar-refractivity contribution >= 4 is 22.4 Å². The highest BCUT2D eigenvalue weighted by molar-refractivity contribution is 7.84. The van der Waals surface area contributed by atoms with E-state index in [1.54, 1.807) is 6.26 Å². The lowest BCUT2D eigenvalue weighted by molar-refractivity contribution is 0.678. The summed E-state index contributed by atoms with van der Waals surface area (Å²) >= 11 is 0. The molecule has 0 amide bonds. The molecule has 102 valence electrons. The van der Waals surface area contributed by atoms with E-state index in [1.807, 2.05) is 20.0 Å². The lowest BCUT2D eigenvalue weighted by atomic mass is 10.2. The van der Waals surface area contributed by atoms with Gasteiger partial charge in [-0.15, -0.1) is 0 Å². The van der Waals surface area contributed by atoms with Crippen molar-refractivity contribution in [3.63, 3.8) is 0 Å².